The first kappa shape index (κ1) is 11.5. The Morgan fingerprint density at radius 1 is 1.52 bits per heavy atom. The van der Waals surface area contributed by atoms with E-state index >= 15 is 0 Å². The minimum absolute atomic E-state index is 0.0835. The second-order valence-electron chi connectivity index (χ2n) is 5.48. The topological polar surface area (TPSA) is 19.0 Å². The number of aromatic nitrogens is 1. The van der Waals surface area contributed by atoms with Crippen LogP contribution >= 0.6 is 11.8 Å². The molecule has 1 aromatic heterocycles. The lowest BCUT2D eigenvalue weighted by Crippen LogP contribution is -2.27. The summed E-state index contributed by atoms with van der Waals surface area (Å²) in [5, 5.41) is 0.803. The van der Waals surface area contributed by atoms with E-state index in [9.17, 15) is 8.78 Å². The van der Waals surface area contributed by atoms with E-state index in [1.54, 1.807) is 17.0 Å². The van der Waals surface area contributed by atoms with Crippen molar-refractivity contribution in [3.05, 3.63) is 29.5 Å². The number of nitrogens with zero attached hydrogens (tertiary/aromatic N) is 1. The molecule has 1 saturated heterocycles. The molecule has 0 radical (unpaired) electrons. The predicted octanol–water partition coefficient (Wildman–Crippen LogP) is 4.43. The molecule has 0 bridgehead atoms. The lowest BCUT2D eigenvalue weighted by molar-refractivity contribution is 0.252. The minimum atomic E-state index is -2.48. The average molecular weight is 313 g/mol. The molecule has 0 aliphatic carbocycles. The SMILES string of the molecule is [2H]C([2H])([2H])N1CCC[C@@H]1Cc1c(C)[nH]c2cccc(SC(F)F)c12. The Balaban J connectivity index is 1.98. The molecule has 2 heterocycles. The first-order valence-electron chi connectivity index (χ1n) is 8.59. The Hall–Kier alpha value is -1.07. The van der Waals surface area contributed by atoms with Crippen molar-refractivity contribution in [2.45, 2.75) is 42.9 Å². The third kappa shape index (κ3) is 2.94. The molecule has 0 amide bonds. The van der Waals surface area contributed by atoms with Crippen LogP contribution in [-0.2, 0) is 6.42 Å². The summed E-state index contributed by atoms with van der Waals surface area (Å²) < 4.78 is 48.8. The van der Waals surface area contributed by atoms with Gasteiger partial charge in [-0.05, 0) is 57.4 Å². The number of likely N-dealkylation sites (tertiary alicyclic amines) is 1. The zero-order chi connectivity index (χ0) is 17.5. The number of thioether (sulfide) groups is 1. The fourth-order valence-electron chi connectivity index (χ4n) is 3.14. The van der Waals surface area contributed by atoms with Crippen LogP contribution in [-0.4, -0.2) is 35.2 Å². The maximum absolute atomic E-state index is 12.9. The molecule has 114 valence electrons. The van der Waals surface area contributed by atoms with Crippen LogP contribution in [0.15, 0.2) is 23.1 Å². The first-order valence-corrected chi connectivity index (χ1v) is 7.97. The summed E-state index contributed by atoms with van der Waals surface area (Å²) >= 11 is 0.542. The highest BCUT2D eigenvalue weighted by Crippen LogP contribution is 2.36. The summed E-state index contributed by atoms with van der Waals surface area (Å²) in [6, 6.07) is 5.25. The van der Waals surface area contributed by atoms with Crippen LogP contribution in [0, 0.1) is 6.92 Å². The molecule has 1 N–H and O–H groups in total. The van der Waals surface area contributed by atoms with Crippen LogP contribution in [0.3, 0.4) is 0 Å². The van der Waals surface area contributed by atoms with Gasteiger partial charge in [0.1, 0.15) is 0 Å². The van der Waals surface area contributed by atoms with E-state index in [1.165, 1.54) is 0 Å². The highest BCUT2D eigenvalue weighted by molar-refractivity contribution is 7.99. The van der Waals surface area contributed by atoms with Crippen LogP contribution in [0.4, 0.5) is 8.78 Å². The highest BCUT2D eigenvalue weighted by Gasteiger charge is 2.24. The molecule has 0 saturated carbocycles. The molecule has 1 atom stereocenters. The Bertz CT molecular complexity index is 730. The van der Waals surface area contributed by atoms with Crippen molar-refractivity contribution in [2.24, 2.45) is 0 Å². The summed E-state index contributed by atoms with van der Waals surface area (Å²) in [6.07, 6.45) is 2.22. The second kappa shape index (κ2) is 5.97. The molecule has 2 aromatic rings. The molecule has 1 aliphatic heterocycles. The van der Waals surface area contributed by atoms with E-state index < -0.39 is 12.7 Å². The quantitative estimate of drug-likeness (QED) is 0.842. The zero-order valence-corrected chi connectivity index (χ0v) is 12.6. The maximum atomic E-state index is 12.9. The van der Waals surface area contributed by atoms with Gasteiger partial charge in [-0.2, -0.15) is 8.78 Å². The summed E-state index contributed by atoms with van der Waals surface area (Å²) in [6.45, 7) is 0.365. The Labute approximate surface area is 132 Å². The van der Waals surface area contributed by atoms with Crippen molar-refractivity contribution in [2.75, 3.05) is 13.5 Å². The summed E-state index contributed by atoms with van der Waals surface area (Å²) in [4.78, 5) is 5.36. The van der Waals surface area contributed by atoms with Crippen LogP contribution < -0.4 is 0 Å². The number of hydrogen-bond acceptors (Lipinski definition) is 2. The number of aromatic amines is 1. The molecule has 3 rings (SSSR count). The number of likely N-dealkylation sites (N-methyl/N-ethyl adjacent to an activating group) is 1. The van der Waals surface area contributed by atoms with Gasteiger partial charge in [0.15, 0.2) is 0 Å². The van der Waals surface area contributed by atoms with E-state index in [-0.39, 0.29) is 6.04 Å². The average Bonchev–Trinajstić information content (AvgIpc) is 3.04. The fraction of sp³-hybridized carbons (Fsp3) is 0.500. The number of aryl methyl sites for hydroxylation is 1. The number of nitrogens with one attached hydrogen (secondary N) is 1. The van der Waals surface area contributed by atoms with Gasteiger partial charge in [-0.25, -0.2) is 0 Å². The highest BCUT2D eigenvalue weighted by atomic mass is 32.2. The Morgan fingerprint density at radius 3 is 3.14 bits per heavy atom. The standard InChI is InChI=1S/C16H20F2N2S/c1-10-12(9-11-5-4-8-20(11)2)15-13(19-10)6-3-7-14(15)21-16(17)18/h3,6-7,11,16,19H,4-5,8-9H2,1-2H3/t11-/m1/s1/i2D3. The Kier molecular flexibility index (Phi) is 3.27. The largest absolute Gasteiger partial charge is 0.358 e. The monoisotopic (exact) mass is 313 g/mol. The number of fused-ring (bicyclic) bond motifs is 1. The number of hydrogen-bond donors (Lipinski definition) is 1. The van der Waals surface area contributed by atoms with Gasteiger partial charge < -0.3 is 9.88 Å². The van der Waals surface area contributed by atoms with E-state index in [2.05, 4.69) is 4.98 Å². The molecule has 0 unspecified atom stereocenters. The van der Waals surface area contributed by atoms with Gasteiger partial charge in [0, 0.05) is 31.6 Å². The van der Waals surface area contributed by atoms with Crippen LogP contribution in [0.1, 0.15) is 28.2 Å². The maximum Gasteiger partial charge on any atom is 0.288 e. The van der Waals surface area contributed by atoms with Crippen molar-refractivity contribution in [1.82, 2.24) is 9.88 Å². The summed E-state index contributed by atoms with van der Waals surface area (Å²) in [5.41, 5.74) is 2.70. The Morgan fingerprint density at radius 2 is 2.38 bits per heavy atom. The van der Waals surface area contributed by atoms with Crippen LogP contribution in [0.25, 0.3) is 10.9 Å². The van der Waals surface area contributed by atoms with E-state index in [0.29, 0.717) is 29.6 Å². The fourth-order valence-corrected chi connectivity index (χ4v) is 3.84. The van der Waals surface area contributed by atoms with Crippen LogP contribution in [0.2, 0.25) is 0 Å². The van der Waals surface area contributed by atoms with Gasteiger partial charge >= 0.3 is 0 Å². The number of halogens is 2. The number of alkyl halides is 2. The number of H-pyrrole nitrogens is 1. The molecule has 21 heavy (non-hydrogen) atoms. The van der Waals surface area contributed by atoms with E-state index in [0.717, 1.165) is 35.0 Å². The van der Waals surface area contributed by atoms with Crippen molar-refractivity contribution in [3.8, 4) is 0 Å². The summed E-state index contributed by atoms with van der Waals surface area (Å²) in [7, 11) is 0. The van der Waals surface area contributed by atoms with Gasteiger partial charge in [0.25, 0.3) is 5.76 Å². The van der Waals surface area contributed by atoms with Gasteiger partial charge in [-0.3, -0.25) is 0 Å². The third-order valence-corrected chi connectivity index (χ3v) is 4.91. The molecule has 2 nitrogen and oxygen atoms in total. The lowest BCUT2D eigenvalue weighted by Gasteiger charge is -2.19. The minimum Gasteiger partial charge on any atom is -0.358 e. The molecule has 1 fully saturated rings. The predicted molar refractivity (Wildman–Crippen MR) is 84.3 cm³/mol. The van der Waals surface area contributed by atoms with Crippen molar-refractivity contribution >= 4 is 22.7 Å². The second-order valence-corrected chi connectivity index (χ2v) is 6.51. The molecule has 0 spiro atoms. The smallest absolute Gasteiger partial charge is 0.288 e. The van der Waals surface area contributed by atoms with Crippen molar-refractivity contribution in [3.63, 3.8) is 0 Å². The van der Waals surface area contributed by atoms with Crippen molar-refractivity contribution < 1.29 is 12.9 Å². The van der Waals surface area contributed by atoms with E-state index in [1.807, 2.05) is 13.0 Å². The zero-order valence-electron chi connectivity index (χ0n) is 14.8. The van der Waals surface area contributed by atoms with Gasteiger partial charge in [-0.1, -0.05) is 17.8 Å². The molecule has 1 aromatic carbocycles. The lowest BCUT2D eigenvalue weighted by atomic mass is 10.0. The number of benzene rings is 1. The van der Waals surface area contributed by atoms with Crippen LogP contribution in [0.5, 0.6) is 0 Å². The molecule has 1 aliphatic rings. The third-order valence-electron chi connectivity index (χ3n) is 4.14. The van der Waals surface area contributed by atoms with E-state index in [4.69, 9.17) is 4.11 Å². The molecule has 5 heteroatoms. The summed E-state index contributed by atoms with van der Waals surface area (Å²) in [5.74, 6) is -2.48. The van der Waals surface area contributed by atoms with Crippen molar-refractivity contribution in [1.29, 1.82) is 0 Å². The number of rotatable bonds is 4. The van der Waals surface area contributed by atoms with Gasteiger partial charge in [0.05, 0.1) is 0 Å². The van der Waals surface area contributed by atoms with Gasteiger partial charge in [0.2, 0.25) is 0 Å². The van der Waals surface area contributed by atoms with Gasteiger partial charge in [-0.15, -0.1) is 0 Å². The molecular formula is C16H20F2N2S. The first-order chi connectivity index (χ1) is 11.3. The normalized spacial score (nSPS) is 22.7. The molecular weight excluding hydrogens is 290 g/mol.